The average Bonchev–Trinajstić information content (AvgIpc) is 2.28. The van der Waals surface area contributed by atoms with Gasteiger partial charge in [-0.25, -0.2) is 0 Å². The molecule has 0 aliphatic heterocycles. The van der Waals surface area contributed by atoms with Gasteiger partial charge in [0.05, 0.1) is 8.07 Å². The van der Waals surface area contributed by atoms with Gasteiger partial charge in [-0.3, -0.25) is 0 Å². The third-order valence-corrected chi connectivity index (χ3v) is 5.88. The molecule has 100 valence electrons. The van der Waals surface area contributed by atoms with E-state index in [-0.39, 0.29) is 5.41 Å². The monoisotopic (exact) mass is 262 g/mol. The largest absolute Gasteiger partial charge is 0.303 e. The average molecular weight is 262 g/mol. The molecule has 0 aromatic heterocycles. The van der Waals surface area contributed by atoms with E-state index in [4.69, 9.17) is 0 Å². The van der Waals surface area contributed by atoms with Crippen LogP contribution in [0.25, 0.3) is 0 Å². The molecule has 0 saturated heterocycles. The summed E-state index contributed by atoms with van der Waals surface area (Å²) in [5, 5.41) is 0. The molecule has 1 aliphatic rings. The van der Waals surface area contributed by atoms with E-state index in [0.717, 1.165) is 19.1 Å². The number of unbranched alkanes of at least 4 members (excludes halogenated alkanes) is 2. The van der Waals surface area contributed by atoms with Gasteiger partial charge in [0.1, 0.15) is 6.29 Å². The van der Waals surface area contributed by atoms with Crippen molar-refractivity contribution in [3.8, 4) is 0 Å². The van der Waals surface area contributed by atoms with Crippen LogP contribution in [0.1, 0.15) is 26.2 Å². The minimum atomic E-state index is -1.10. The van der Waals surface area contributed by atoms with Crippen molar-refractivity contribution < 1.29 is 4.79 Å². The van der Waals surface area contributed by atoms with Gasteiger partial charge in [-0.1, -0.05) is 56.1 Å². The molecule has 0 spiro atoms. The van der Waals surface area contributed by atoms with Gasteiger partial charge >= 0.3 is 0 Å². The fourth-order valence-corrected chi connectivity index (χ4v) is 3.43. The topological polar surface area (TPSA) is 17.1 Å². The van der Waals surface area contributed by atoms with Gasteiger partial charge < -0.3 is 4.79 Å². The molecule has 1 aliphatic carbocycles. The minimum Gasteiger partial charge on any atom is -0.303 e. The van der Waals surface area contributed by atoms with Crippen LogP contribution in [0.4, 0.5) is 0 Å². The molecule has 0 heterocycles. The van der Waals surface area contributed by atoms with E-state index in [1.165, 1.54) is 0 Å². The van der Waals surface area contributed by atoms with Crippen molar-refractivity contribution in [3.63, 3.8) is 0 Å². The smallest absolute Gasteiger partial charge is 0.120 e. The zero-order valence-electron chi connectivity index (χ0n) is 12.1. The highest BCUT2D eigenvalue weighted by molar-refractivity contribution is 6.78. The maximum absolute atomic E-state index is 10.2. The molecule has 0 aromatic rings. The van der Waals surface area contributed by atoms with Crippen molar-refractivity contribution in [1.82, 2.24) is 0 Å². The summed E-state index contributed by atoms with van der Waals surface area (Å²) in [5.74, 6) is 0. The Kier molecular flexibility index (Phi) is 5.33. The first-order valence-electron chi connectivity index (χ1n) is 6.87. The maximum atomic E-state index is 10.2. The van der Waals surface area contributed by atoms with Crippen LogP contribution in [0.3, 0.4) is 0 Å². The molecule has 0 radical (unpaired) electrons. The lowest BCUT2D eigenvalue weighted by molar-refractivity contribution is -0.107. The van der Waals surface area contributed by atoms with E-state index in [1.54, 1.807) is 0 Å². The van der Waals surface area contributed by atoms with Gasteiger partial charge in [0.15, 0.2) is 0 Å². The number of aldehydes is 1. The van der Waals surface area contributed by atoms with Gasteiger partial charge in [-0.2, -0.15) is 0 Å². The third-order valence-electron chi connectivity index (χ3n) is 3.50. The van der Waals surface area contributed by atoms with E-state index in [0.29, 0.717) is 12.0 Å². The summed E-state index contributed by atoms with van der Waals surface area (Å²) in [6.45, 7) is 9.45. The van der Waals surface area contributed by atoms with Crippen molar-refractivity contribution in [1.29, 1.82) is 0 Å². The van der Waals surface area contributed by atoms with E-state index >= 15 is 0 Å². The number of hydrogen-bond acceptors (Lipinski definition) is 1. The van der Waals surface area contributed by atoms with E-state index in [9.17, 15) is 4.79 Å². The Labute approximate surface area is 113 Å². The van der Waals surface area contributed by atoms with Gasteiger partial charge in [0.25, 0.3) is 0 Å². The molecule has 0 unspecified atom stereocenters. The van der Waals surface area contributed by atoms with Crippen molar-refractivity contribution in [2.24, 2.45) is 5.41 Å². The number of hydrogen-bond donors (Lipinski definition) is 0. The normalized spacial score (nSPS) is 27.9. The SMILES string of the molecule is CC1(/C=C\CCCC=O)C=CC([Si](C)(C)C)C=C1. The summed E-state index contributed by atoms with van der Waals surface area (Å²) in [6, 6.07) is 0. The minimum absolute atomic E-state index is 0.0668. The zero-order valence-corrected chi connectivity index (χ0v) is 13.1. The Bertz CT molecular complexity index is 344. The highest BCUT2D eigenvalue weighted by Crippen LogP contribution is 2.35. The molecule has 1 nitrogen and oxygen atoms in total. The maximum Gasteiger partial charge on any atom is 0.120 e. The number of carbonyl (C=O) groups excluding carboxylic acids is 1. The lowest BCUT2D eigenvalue weighted by Gasteiger charge is -2.30. The molecule has 0 N–H and O–H groups in total. The molecule has 18 heavy (non-hydrogen) atoms. The highest BCUT2D eigenvalue weighted by Gasteiger charge is 2.26. The molecule has 1 rings (SSSR count). The summed E-state index contributed by atoms with van der Waals surface area (Å²) >= 11 is 0. The molecular weight excluding hydrogens is 236 g/mol. The number of allylic oxidation sites excluding steroid dienone is 6. The van der Waals surface area contributed by atoms with Crippen LogP contribution < -0.4 is 0 Å². The summed E-state index contributed by atoms with van der Waals surface area (Å²) in [6.07, 6.45) is 17.5. The first-order chi connectivity index (χ1) is 8.37. The fourth-order valence-electron chi connectivity index (χ4n) is 2.09. The molecule has 0 atom stereocenters. The van der Waals surface area contributed by atoms with E-state index < -0.39 is 8.07 Å². The van der Waals surface area contributed by atoms with Gasteiger partial charge in [-0.05, 0) is 25.3 Å². The standard InChI is InChI=1S/C16H26OSi/c1-16(11-7-5-6-8-14-17)12-9-15(10-13-16)18(2,3)4/h7,9-15H,5-6,8H2,1-4H3/b11-7-. The Morgan fingerprint density at radius 3 is 2.28 bits per heavy atom. The lowest BCUT2D eigenvalue weighted by atomic mass is 9.85. The van der Waals surface area contributed by atoms with Crippen LogP contribution in [0.15, 0.2) is 36.5 Å². The van der Waals surface area contributed by atoms with Crippen LogP contribution in [-0.2, 0) is 4.79 Å². The Balaban J connectivity index is 2.53. The predicted molar refractivity (Wildman–Crippen MR) is 82.5 cm³/mol. The number of rotatable bonds is 6. The molecule has 0 fully saturated rings. The first kappa shape index (κ1) is 15.2. The van der Waals surface area contributed by atoms with Gasteiger partial charge in [0.2, 0.25) is 0 Å². The summed E-state index contributed by atoms with van der Waals surface area (Å²) in [4.78, 5) is 10.2. The van der Waals surface area contributed by atoms with Crippen molar-refractivity contribution in [2.45, 2.75) is 51.4 Å². The second kappa shape index (κ2) is 6.33. The molecule has 0 bridgehead atoms. The fraction of sp³-hybridized carbons (Fsp3) is 0.562. The van der Waals surface area contributed by atoms with E-state index in [1.807, 2.05) is 0 Å². The van der Waals surface area contributed by atoms with Crippen LogP contribution in [-0.4, -0.2) is 14.4 Å². The second-order valence-corrected chi connectivity index (χ2v) is 11.9. The Morgan fingerprint density at radius 2 is 1.78 bits per heavy atom. The summed E-state index contributed by atoms with van der Waals surface area (Å²) in [7, 11) is -1.10. The Morgan fingerprint density at radius 1 is 1.17 bits per heavy atom. The Hall–Kier alpha value is -0.893. The quantitative estimate of drug-likeness (QED) is 0.292. The summed E-state index contributed by atoms with van der Waals surface area (Å²) in [5.41, 5.74) is 0.728. The zero-order chi connectivity index (χ0) is 13.6. The number of carbonyl (C=O) groups is 1. The second-order valence-electron chi connectivity index (χ2n) is 6.48. The molecule has 0 amide bonds. The van der Waals surface area contributed by atoms with Crippen LogP contribution in [0.5, 0.6) is 0 Å². The lowest BCUT2D eigenvalue weighted by Crippen LogP contribution is -2.27. The molecule has 2 heteroatoms. The molecule has 0 saturated carbocycles. The predicted octanol–water partition coefficient (Wildman–Crippen LogP) is 4.75. The molecular formula is C16H26OSi. The highest BCUT2D eigenvalue weighted by atomic mass is 28.3. The van der Waals surface area contributed by atoms with Gasteiger partial charge in [-0.15, -0.1) is 0 Å². The third kappa shape index (κ3) is 4.77. The van der Waals surface area contributed by atoms with Crippen molar-refractivity contribution in [2.75, 3.05) is 0 Å². The van der Waals surface area contributed by atoms with Crippen molar-refractivity contribution in [3.05, 3.63) is 36.5 Å². The van der Waals surface area contributed by atoms with Gasteiger partial charge in [0, 0.05) is 11.8 Å². The molecule has 0 aromatic carbocycles. The van der Waals surface area contributed by atoms with E-state index in [2.05, 4.69) is 63.0 Å². The van der Waals surface area contributed by atoms with Crippen LogP contribution >= 0.6 is 0 Å². The first-order valence-corrected chi connectivity index (χ1v) is 10.5. The summed E-state index contributed by atoms with van der Waals surface area (Å²) < 4.78 is 0. The van der Waals surface area contributed by atoms with Crippen molar-refractivity contribution >= 4 is 14.4 Å². The van der Waals surface area contributed by atoms with Crippen LogP contribution in [0.2, 0.25) is 25.2 Å². The van der Waals surface area contributed by atoms with Crippen LogP contribution in [0, 0.1) is 5.41 Å².